The molecule has 3 heteroatoms. The van der Waals surface area contributed by atoms with Gasteiger partial charge in [-0.1, -0.05) is 6.92 Å². The van der Waals surface area contributed by atoms with Gasteiger partial charge in [0.15, 0.2) is 0 Å². The molecule has 0 aliphatic carbocycles. The Hall–Kier alpha value is -1.22. The normalized spacial score (nSPS) is 26.3. The third kappa shape index (κ3) is 1.47. The van der Waals surface area contributed by atoms with E-state index in [-0.39, 0.29) is 6.23 Å². The predicted molar refractivity (Wildman–Crippen MR) is 52.5 cm³/mol. The maximum absolute atomic E-state index is 5.72. The molecule has 13 heavy (non-hydrogen) atoms. The van der Waals surface area contributed by atoms with Crippen molar-refractivity contribution in [3.8, 4) is 5.75 Å². The van der Waals surface area contributed by atoms with Crippen molar-refractivity contribution in [2.24, 2.45) is 5.73 Å². The van der Waals surface area contributed by atoms with E-state index in [0.29, 0.717) is 5.92 Å². The van der Waals surface area contributed by atoms with Crippen LogP contribution in [0.5, 0.6) is 5.75 Å². The van der Waals surface area contributed by atoms with Crippen molar-refractivity contribution >= 4 is 5.69 Å². The molecule has 1 aliphatic rings. The molecular formula is C10H14N2O. The van der Waals surface area contributed by atoms with Crippen LogP contribution in [0.3, 0.4) is 0 Å². The summed E-state index contributed by atoms with van der Waals surface area (Å²) in [6, 6.07) is 5.69. The van der Waals surface area contributed by atoms with Crippen LogP contribution < -0.4 is 16.2 Å². The third-order valence-electron chi connectivity index (χ3n) is 2.43. The highest BCUT2D eigenvalue weighted by molar-refractivity contribution is 5.50. The highest BCUT2D eigenvalue weighted by Crippen LogP contribution is 2.35. The molecular weight excluding hydrogens is 164 g/mol. The van der Waals surface area contributed by atoms with Crippen molar-refractivity contribution < 1.29 is 4.74 Å². The molecule has 0 saturated carbocycles. The molecule has 0 aromatic heterocycles. The average molecular weight is 178 g/mol. The van der Waals surface area contributed by atoms with Crippen molar-refractivity contribution in [3.05, 3.63) is 23.8 Å². The highest BCUT2D eigenvalue weighted by atomic mass is 16.5. The number of nitrogen functional groups attached to an aromatic ring is 1. The molecule has 4 N–H and O–H groups in total. The summed E-state index contributed by atoms with van der Waals surface area (Å²) in [5.74, 6) is 1.31. The number of benzene rings is 1. The fraction of sp³-hybridized carbons (Fsp3) is 0.400. The number of anilines is 1. The van der Waals surface area contributed by atoms with Gasteiger partial charge < -0.3 is 10.5 Å². The second-order valence-electron chi connectivity index (χ2n) is 3.59. The summed E-state index contributed by atoms with van der Waals surface area (Å²) < 4.78 is 5.48. The van der Waals surface area contributed by atoms with Gasteiger partial charge in [0.25, 0.3) is 0 Å². The number of ether oxygens (including phenoxy) is 1. The van der Waals surface area contributed by atoms with Crippen LogP contribution in [0, 0.1) is 0 Å². The van der Waals surface area contributed by atoms with Crippen molar-refractivity contribution in [1.29, 1.82) is 0 Å². The van der Waals surface area contributed by atoms with Crippen LogP contribution in [0.4, 0.5) is 5.69 Å². The average Bonchev–Trinajstić information content (AvgIpc) is 2.06. The molecule has 0 saturated heterocycles. The Morgan fingerprint density at radius 3 is 3.00 bits per heavy atom. The van der Waals surface area contributed by atoms with Gasteiger partial charge in [0.2, 0.25) is 0 Å². The Bertz CT molecular complexity index is 325. The van der Waals surface area contributed by atoms with Crippen molar-refractivity contribution in [1.82, 2.24) is 0 Å². The second kappa shape index (κ2) is 2.92. The summed E-state index contributed by atoms with van der Waals surface area (Å²) >= 11 is 0. The lowest BCUT2D eigenvalue weighted by molar-refractivity contribution is 0.168. The minimum atomic E-state index is -0.175. The molecule has 3 nitrogen and oxygen atoms in total. The standard InChI is InChI=1S/C10H14N2O/c1-6-4-10(12)13-9-3-2-7(11)5-8(6)9/h2-3,5-6,10H,4,11-12H2,1H3/t6-,10+/m1/s1. The topological polar surface area (TPSA) is 61.3 Å². The molecule has 0 fully saturated rings. The van der Waals surface area contributed by atoms with Gasteiger partial charge >= 0.3 is 0 Å². The van der Waals surface area contributed by atoms with Gasteiger partial charge in [-0.15, -0.1) is 0 Å². The largest absolute Gasteiger partial charge is 0.475 e. The fourth-order valence-corrected chi connectivity index (χ4v) is 1.75. The smallest absolute Gasteiger partial charge is 0.148 e. The lowest BCUT2D eigenvalue weighted by Crippen LogP contribution is -2.32. The maximum atomic E-state index is 5.72. The van der Waals surface area contributed by atoms with Crippen LogP contribution in [0.2, 0.25) is 0 Å². The summed E-state index contributed by atoms with van der Waals surface area (Å²) in [4.78, 5) is 0. The zero-order valence-electron chi connectivity index (χ0n) is 7.66. The van der Waals surface area contributed by atoms with Crippen LogP contribution in [0.15, 0.2) is 18.2 Å². The lowest BCUT2D eigenvalue weighted by Gasteiger charge is -2.28. The van der Waals surface area contributed by atoms with E-state index in [9.17, 15) is 0 Å². The lowest BCUT2D eigenvalue weighted by atomic mass is 9.93. The number of hydrogen-bond donors (Lipinski definition) is 2. The van der Waals surface area contributed by atoms with Crippen LogP contribution in [-0.2, 0) is 0 Å². The first kappa shape index (κ1) is 8.38. The van der Waals surface area contributed by atoms with Gasteiger partial charge in [0, 0.05) is 12.1 Å². The molecule has 1 aromatic rings. The molecule has 0 unspecified atom stereocenters. The van der Waals surface area contributed by atoms with Crippen molar-refractivity contribution in [2.45, 2.75) is 25.5 Å². The molecule has 2 atom stereocenters. The zero-order chi connectivity index (χ0) is 9.42. The van der Waals surface area contributed by atoms with E-state index < -0.39 is 0 Å². The van der Waals surface area contributed by atoms with Gasteiger partial charge in [0.05, 0.1) is 0 Å². The van der Waals surface area contributed by atoms with Crippen molar-refractivity contribution in [3.63, 3.8) is 0 Å². The minimum absolute atomic E-state index is 0.175. The van der Waals surface area contributed by atoms with Gasteiger partial charge in [0.1, 0.15) is 12.0 Å². The van der Waals surface area contributed by atoms with E-state index in [2.05, 4.69) is 6.92 Å². The molecule has 0 radical (unpaired) electrons. The Morgan fingerprint density at radius 2 is 2.23 bits per heavy atom. The van der Waals surface area contributed by atoms with Crippen LogP contribution in [0.1, 0.15) is 24.8 Å². The first-order valence-electron chi connectivity index (χ1n) is 4.48. The Kier molecular flexibility index (Phi) is 1.88. The number of nitrogens with two attached hydrogens (primary N) is 2. The fourth-order valence-electron chi connectivity index (χ4n) is 1.75. The van der Waals surface area contributed by atoms with Crippen LogP contribution in [0.25, 0.3) is 0 Å². The Labute approximate surface area is 77.7 Å². The number of rotatable bonds is 0. The van der Waals surface area contributed by atoms with Gasteiger partial charge in [-0.3, -0.25) is 5.73 Å². The van der Waals surface area contributed by atoms with Gasteiger partial charge in [-0.2, -0.15) is 0 Å². The molecule has 0 bridgehead atoms. The summed E-state index contributed by atoms with van der Waals surface area (Å²) in [7, 11) is 0. The van der Waals surface area contributed by atoms with E-state index in [4.69, 9.17) is 16.2 Å². The SMILES string of the molecule is C[C@@H]1C[C@@H](N)Oc2ccc(N)cc21. The van der Waals surface area contributed by atoms with Gasteiger partial charge in [-0.25, -0.2) is 0 Å². The van der Waals surface area contributed by atoms with Crippen LogP contribution >= 0.6 is 0 Å². The van der Waals surface area contributed by atoms with E-state index in [1.807, 2.05) is 18.2 Å². The number of fused-ring (bicyclic) bond motifs is 1. The summed E-state index contributed by atoms with van der Waals surface area (Å²) in [6.45, 7) is 2.14. The molecule has 70 valence electrons. The van der Waals surface area contributed by atoms with Crippen molar-refractivity contribution in [2.75, 3.05) is 5.73 Å². The summed E-state index contributed by atoms with van der Waals surface area (Å²) in [6.07, 6.45) is 0.683. The van der Waals surface area contributed by atoms with Gasteiger partial charge in [-0.05, 0) is 29.7 Å². The molecule has 1 heterocycles. The molecule has 1 aliphatic heterocycles. The Balaban J connectivity index is 2.43. The zero-order valence-corrected chi connectivity index (χ0v) is 7.66. The van der Waals surface area contributed by atoms with E-state index in [1.165, 1.54) is 5.56 Å². The second-order valence-corrected chi connectivity index (χ2v) is 3.59. The quantitative estimate of drug-likeness (QED) is 0.591. The molecule has 0 spiro atoms. The predicted octanol–water partition coefficient (Wildman–Crippen LogP) is 1.44. The summed E-state index contributed by atoms with van der Waals surface area (Å²) in [5.41, 5.74) is 13.4. The molecule has 2 rings (SSSR count). The molecule has 0 amide bonds. The number of hydrogen-bond acceptors (Lipinski definition) is 3. The maximum Gasteiger partial charge on any atom is 0.148 e. The van der Waals surface area contributed by atoms with E-state index in [1.54, 1.807) is 0 Å². The van der Waals surface area contributed by atoms with E-state index in [0.717, 1.165) is 17.9 Å². The first-order chi connectivity index (χ1) is 6.16. The molecule has 1 aromatic carbocycles. The first-order valence-corrected chi connectivity index (χ1v) is 4.48. The third-order valence-corrected chi connectivity index (χ3v) is 2.43. The van der Waals surface area contributed by atoms with Crippen LogP contribution in [-0.4, -0.2) is 6.23 Å². The minimum Gasteiger partial charge on any atom is -0.475 e. The Morgan fingerprint density at radius 1 is 1.46 bits per heavy atom. The highest BCUT2D eigenvalue weighted by Gasteiger charge is 2.22. The summed E-state index contributed by atoms with van der Waals surface area (Å²) in [5, 5.41) is 0. The van der Waals surface area contributed by atoms with E-state index >= 15 is 0 Å². The monoisotopic (exact) mass is 178 g/mol.